The van der Waals surface area contributed by atoms with Crippen molar-refractivity contribution in [1.29, 1.82) is 0 Å². The number of rotatable bonds is 7. The molecule has 1 aliphatic heterocycles. The highest BCUT2D eigenvalue weighted by atomic mass is 32.2. The summed E-state index contributed by atoms with van der Waals surface area (Å²) in [5, 5.41) is 0. The molecule has 1 aliphatic rings. The van der Waals surface area contributed by atoms with E-state index in [0.717, 1.165) is 38.7 Å². The monoisotopic (exact) mass is 465 g/mol. The van der Waals surface area contributed by atoms with E-state index in [9.17, 15) is 16.8 Å². The molecule has 0 atom stereocenters. The number of anilines is 1. The maximum atomic E-state index is 13.2. The van der Waals surface area contributed by atoms with Crippen molar-refractivity contribution in [2.45, 2.75) is 51.1 Å². The van der Waals surface area contributed by atoms with E-state index in [1.165, 1.54) is 5.56 Å². The molecule has 2 aromatic carbocycles. The Kier molecular flexibility index (Phi) is 7.10. The predicted molar refractivity (Wildman–Crippen MR) is 124 cm³/mol. The lowest BCUT2D eigenvalue weighted by atomic mass is 10.1. The van der Waals surface area contributed by atoms with Crippen LogP contribution in [0.2, 0.25) is 0 Å². The zero-order chi connectivity index (χ0) is 22.8. The van der Waals surface area contributed by atoms with Gasteiger partial charge >= 0.3 is 0 Å². The van der Waals surface area contributed by atoms with Gasteiger partial charge in [0, 0.05) is 25.7 Å². The number of hydrogen-bond donors (Lipinski definition) is 2. The second kappa shape index (κ2) is 9.28. The summed E-state index contributed by atoms with van der Waals surface area (Å²) < 4.78 is 55.3. The molecular formula is C22H31N3O4S2. The quantitative estimate of drug-likeness (QED) is 0.656. The van der Waals surface area contributed by atoms with Gasteiger partial charge in [0.15, 0.2) is 0 Å². The highest BCUT2D eigenvalue weighted by Gasteiger charge is 2.28. The van der Waals surface area contributed by atoms with E-state index in [1.807, 2.05) is 18.2 Å². The van der Waals surface area contributed by atoms with Gasteiger partial charge in [0.2, 0.25) is 20.0 Å². The smallest absolute Gasteiger partial charge is 0.241 e. The van der Waals surface area contributed by atoms with Gasteiger partial charge in [-0.3, -0.25) is 9.62 Å². The summed E-state index contributed by atoms with van der Waals surface area (Å²) in [6.07, 6.45) is 2.51. The van der Waals surface area contributed by atoms with E-state index in [4.69, 9.17) is 0 Å². The molecule has 3 rings (SSSR count). The van der Waals surface area contributed by atoms with Crippen LogP contribution in [0.25, 0.3) is 0 Å². The van der Waals surface area contributed by atoms with E-state index in [2.05, 4.69) is 26.5 Å². The molecule has 1 heterocycles. The van der Waals surface area contributed by atoms with Crippen LogP contribution in [0.4, 0.5) is 5.69 Å². The molecule has 1 fully saturated rings. The van der Waals surface area contributed by atoms with Crippen molar-refractivity contribution in [1.82, 2.24) is 9.62 Å². The van der Waals surface area contributed by atoms with Crippen LogP contribution < -0.4 is 9.44 Å². The van der Waals surface area contributed by atoms with Crippen LogP contribution in [0.5, 0.6) is 0 Å². The third-order valence-corrected chi connectivity index (χ3v) is 8.00. The van der Waals surface area contributed by atoms with Gasteiger partial charge in [-0.25, -0.2) is 21.6 Å². The van der Waals surface area contributed by atoms with Crippen LogP contribution in [0.1, 0.15) is 35.1 Å². The standard InChI is InChI=1S/C22H31N3O4S2/c1-16-14-17(2)22(18(3)21(16)24-30(4,26)27)31(28,29)23-20-10-12-25(13-11-20)15-19-8-6-5-7-9-19/h5-9,14,20,23-24H,10-13,15H2,1-4H3. The summed E-state index contributed by atoms with van der Waals surface area (Å²) >= 11 is 0. The Bertz CT molecular complexity index is 1140. The van der Waals surface area contributed by atoms with Gasteiger partial charge < -0.3 is 0 Å². The van der Waals surface area contributed by atoms with Crippen molar-refractivity contribution in [2.24, 2.45) is 0 Å². The molecule has 0 amide bonds. The number of aryl methyl sites for hydroxylation is 2. The molecule has 170 valence electrons. The summed E-state index contributed by atoms with van der Waals surface area (Å²) in [4.78, 5) is 2.48. The van der Waals surface area contributed by atoms with Crippen molar-refractivity contribution >= 4 is 25.7 Å². The Balaban J connectivity index is 1.73. The first-order chi connectivity index (χ1) is 14.5. The normalized spacial score (nSPS) is 16.4. The molecule has 0 aromatic heterocycles. The molecular weight excluding hydrogens is 434 g/mol. The lowest BCUT2D eigenvalue weighted by Crippen LogP contribution is -2.44. The maximum absolute atomic E-state index is 13.2. The number of likely N-dealkylation sites (tertiary alicyclic amines) is 1. The van der Waals surface area contributed by atoms with Crippen molar-refractivity contribution in [3.63, 3.8) is 0 Å². The number of sulfonamides is 2. The summed E-state index contributed by atoms with van der Waals surface area (Å²) in [6.45, 7) is 7.63. The van der Waals surface area contributed by atoms with Gasteiger partial charge in [-0.1, -0.05) is 36.4 Å². The second-order valence-electron chi connectivity index (χ2n) is 8.37. The summed E-state index contributed by atoms with van der Waals surface area (Å²) in [6, 6.07) is 11.8. The van der Waals surface area contributed by atoms with Gasteiger partial charge in [-0.15, -0.1) is 0 Å². The molecule has 31 heavy (non-hydrogen) atoms. The zero-order valence-corrected chi connectivity index (χ0v) is 20.1. The largest absolute Gasteiger partial charge is 0.299 e. The number of nitrogens with zero attached hydrogens (tertiary/aromatic N) is 1. The Morgan fingerprint density at radius 1 is 0.968 bits per heavy atom. The number of benzene rings is 2. The van der Waals surface area contributed by atoms with Crippen molar-refractivity contribution in [2.75, 3.05) is 24.1 Å². The van der Waals surface area contributed by atoms with Crippen LogP contribution in [-0.2, 0) is 26.6 Å². The lowest BCUT2D eigenvalue weighted by Gasteiger charge is -2.32. The summed E-state index contributed by atoms with van der Waals surface area (Å²) in [5.74, 6) is 0. The Hall–Kier alpha value is -1.94. The van der Waals surface area contributed by atoms with Gasteiger partial charge in [0.1, 0.15) is 0 Å². The lowest BCUT2D eigenvalue weighted by molar-refractivity contribution is 0.200. The Morgan fingerprint density at radius 3 is 2.16 bits per heavy atom. The third kappa shape index (κ3) is 6.06. The minimum Gasteiger partial charge on any atom is -0.299 e. The first-order valence-electron chi connectivity index (χ1n) is 10.3. The highest BCUT2D eigenvalue weighted by Crippen LogP contribution is 2.31. The molecule has 0 saturated carbocycles. The fraction of sp³-hybridized carbons (Fsp3) is 0.455. The minimum absolute atomic E-state index is 0.149. The van der Waals surface area contributed by atoms with Crippen molar-refractivity contribution in [3.05, 3.63) is 58.7 Å². The van der Waals surface area contributed by atoms with Crippen molar-refractivity contribution < 1.29 is 16.8 Å². The van der Waals surface area contributed by atoms with Gasteiger partial charge in [0.25, 0.3) is 0 Å². The van der Waals surface area contributed by atoms with Crippen LogP contribution in [-0.4, -0.2) is 47.1 Å². The average molecular weight is 466 g/mol. The Labute approximate surface area is 186 Å². The molecule has 0 spiro atoms. The van der Waals surface area contributed by atoms with Crippen LogP contribution in [0, 0.1) is 20.8 Å². The van der Waals surface area contributed by atoms with Crippen molar-refractivity contribution in [3.8, 4) is 0 Å². The van der Waals surface area contributed by atoms with Gasteiger partial charge in [-0.05, 0) is 55.9 Å². The predicted octanol–water partition coefficient (Wildman–Crippen LogP) is 2.93. The van der Waals surface area contributed by atoms with E-state index in [-0.39, 0.29) is 10.9 Å². The van der Waals surface area contributed by atoms with Gasteiger partial charge in [-0.2, -0.15) is 0 Å². The molecule has 0 unspecified atom stereocenters. The summed E-state index contributed by atoms with van der Waals surface area (Å²) in [7, 11) is -7.32. The molecule has 7 nitrogen and oxygen atoms in total. The minimum atomic E-state index is -3.80. The molecule has 0 bridgehead atoms. The SMILES string of the molecule is Cc1cc(C)c(S(=O)(=O)NC2CCN(Cc3ccccc3)CC2)c(C)c1NS(C)(=O)=O. The highest BCUT2D eigenvalue weighted by molar-refractivity contribution is 7.92. The zero-order valence-electron chi connectivity index (χ0n) is 18.5. The van der Waals surface area contributed by atoms with Crippen LogP contribution in [0.15, 0.2) is 41.3 Å². The third-order valence-electron chi connectivity index (χ3n) is 5.62. The summed E-state index contributed by atoms with van der Waals surface area (Å²) in [5.41, 5.74) is 3.28. The molecule has 2 aromatic rings. The fourth-order valence-electron chi connectivity index (χ4n) is 4.25. The second-order valence-corrected chi connectivity index (χ2v) is 11.8. The molecule has 9 heteroatoms. The van der Waals surface area contributed by atoms with Crippen LogP contribution in [0.3, 0.4) is 0 Å². The van der Waals surface area contributed by atoms with Gasteiger partial charge in [0.05, 0.1) is 16.8 Å². The van der Waals surface area contributed by atoms with E-state index < -0.39 is 20.0 Å². The molecule has 0 aliphatic carbocycles. The Morgan fingerprint density at radius 2 is 1.58 bits per heavy atom. The maximum Gasteiger partial charge on any atom is 0.241 e. The average Bonchev–Trinajstić information content (AvgIpc) is 2.66. The number of piperidine rings is 1. The fourth-order valence-corrected chi connectivity index (χ4v) is 6.72. The molecule has 0 radical (unpaired) electrons. The number of hydrogen-bond acceptors (Lipinski definition) is 5. The van der Waals surface area contributed by atoms with Crippen LogP contribution >= 0.6 is 0 Å². The number of nitrogens with one attached hydrogen (secondary N) is 2. The first kappa shape index (κ1) is 23.7. The van der Waals surface area contributed by atoms with E-state index in [1.54, 1.807) is 26.8 Å². The molecule has 2 N–H and O–H groups in total. The van der Waals surface area contributed by atoms with E-state index >= 15 is 0 Å². The topological polar surface area (TPSA) is 95.6 Å². The molecule has 1 saturated heterocycles. The van der Waals surface area contributed by atoms with E-state index in [0.29, 0.717) is 22.4 Å². The first-order valence-corrected chi connectivity index (χ1v) is 13.7.